The van der Waals surface area contributed by atoms with Crippen LogP contribution in [0.2, 0.25) is 0 Å². The summed E-state index contributed by atoms with van der Waals surface area (Å²) in [5.74, 6) is -0.131. The zero-order valence-electron chi connectivity index (χ0n) is 11.5. The number of fused-ring (bicyclic) bond motifs is 1. The number of hydrogen-bond acceptors (Lipinski definition) is 4. The number of aliphatic imine (C=N–C) groups is 1. The number of ether oxygens (including phenoxy) is 1. The third-order valence-corrected chi connectivity index (χ3v) is 3.44. The van der Waals surface area contributed by atoms with Crippen molar-refractivity contribution in [3.8, 4) is 0 Å². The number of rotatable bonds is 2. The van der Waals surface area contributed by atoms with Crippen LogP contribution < -0.4 is 0 Å². The van der Waals surface area contributed by atoms with Gasteiger partial charge in [-0.3, -0.25) is 0 Å². The Morgan fingerprint density at radius 1 is 0.955 bits per heavy atom. The van der Waals surface area contributed by atoms with Gasteiger partial charge in [0, 0.05) is 16.5 Å². The molecule has 0 fully saturated rings. The number of carbonyl (C=O) groups excluding carboxylic acids is 1. The fourth-order valence-electron chi connectivity index (χ4n) is 2.37. The third-order valence-electron chi connectivity index (χ3n) is 3.44. The molecule has 0 amide bonds. The molecule has 1 aromatic heterocycles. The largest absolute Gasteiger partial charge is 0.464 e. The van der Waals surface area contributed by atoms with Gasteiger partial charge < -0.3 is 9.15 Å². The average molecular weight is 289 g/mol. The number of benzene rings is 2. The smallest absolute Gasteiger partial charge is 0.363 e. The van der Waals surface area contributed by atoms with Gasteiger partial charge in [-0.25, -0.2) is 9.79 Å². The number of cyclic esters (lactones) is 1. The molecule has 0 unspecified atom stereocenters. The summed E-state index contributed by atoms with van der Waals surface area (Å²) in [7, 11) is 0. The summed E-state index contributed by atoms with van der Waals surface area (Å²) in [6.07, 6.45) is 3.30. The lowest BCUT2D eigenvalue weighted by atomic mass is 10.1. The lowest BCUT2D eigenvalue weighted by Crippen LogP contribution is -2.04. The van der Waals surface area contributed by atoms with Crippen LogP contribution in [0, 0.1) is 0 Å². The lowest BCUT2D eigenvalue weighted by Gasteiger charge is -1.97. The SMILES string of the molecule is O=C1OC(c2ccccc2)=N/C1=C/c1coc2ccccc12. The Balaban J connectivity index is 1.76. The number of nitrogens with zero attached hydrogens (tertiary/aromatic N) is 1. The number of furan rings is 1. The fourth-order valence-corrected chi connectivity index (χ4v) is 2.37. The van der Waals surface area contributed by atoms with Crippen LogP contribution in [0.25, 0.3) is 17.0 Å². The predicted molar refractivity (Wildman–Crippen MR) is 83.3 cm³/mol. The molecule has 22 heavy (non-hydrogen) atoms. The molecule has 0 saturated heterocycles. The maximum absolute atomic E-state index is 12.0. The molecule has 3 aromatic rings. The van der Waals surface area contributed by atoms with Crippen LogP contribution in [0.3, 0.4) is 0 Å². The normalized spacial score (nSPS) is 16.1. The zero-order valence-corrected chi connectivity index (χ0v) is 11.5. The van der Waals surface area contributed by atoms with E-state index in [9.17, 15) is 4.79 Å². The Kier molecular flexibility index (Phi) is 2.86. The molecule has 4 heteroatoms. The third kappa shape index (κ3) is 2.11. The highest BCUT2D eigenvalue weighted by atomic mass is 16.6. The van der Waals surface area contributed by atoms with Gasteiger partial charge in [-0.05, 0) is 24.3 Å². The Morgan fingerprint density at radius 3 is 2.59 bits per heavy atom. The van der Waals surface area contributed by atoms with E-state index in [0.717, 1.165) is 22.1 Å². The first-order chi connectivity index (χ1) is 10.8. The second-order valence-corrected chi connectivity index (χ2v) is 4.89. The van der Waals surface area contributed by atoms with Gasteiger partial charge in [0.1, 0.15) is 5.58 Å². The second-order valence-electron chi connectivity index (χ2n) is 4.89. The minimum Gasteiger partial charge on any atom is -0.464 e. The van der Waals surface area contributed by atoms with Crippen LogP contribution >= 0.6 is 0 Å². The van der Waals surface area contributed by atoms with Crippen LogP contribution in [-0.2, 0) is 9.53 Å². The van der Waals surface area contributed by atoms with Crippen molar-refractivity contribution >= 4 is 28.9 Å². The van der Waals surface area contributed by atoms with Crippen molar-refractivity contribution in [3.63, 3.8) is 0 Å². The molecular formula is C18H11NO3. The molecule has 0 N–H and O–H groups in total. The van der Waals surface area contributed by atoms with Gasteiger partial charge >= 0.3 is 5.97 Å². The molecule has 0 radical (unpaired) electrons. The first-order valence-electron chi connectivity index (χ1n) is 6.85. The molecule has 0 bridgehead atoms. The molecule has 1 aliphatic heterocycles. The Labute approximate surface area is 126 Å². The maximum Gasteiger partial charge on any atom is 0.363 e. The summed E-state index contributed by atoms with van der Waals surface area (Å²) in [5.41, 5.74) is 2.62. The molecule has 2 aromatic carbocycles. The Bertz CT molecular complexity index is 920. The van der Waals surface area contributed by atoms with Crippen molar-refractivity contribution in [2.75, 3.05) is 0 Å². The van der Waals surface area contributed by atoms with E-state index >= 15 is 0 Å². The van der Waals surface area contributed by atoms with E-state index in [0.29, 0.717) is 5.90 Å². The molecule has 0 saturated carbocycles. The molecule has 0 atom stereocenters. The van der Waals surface area contributed by atoms with E-state index in [1.807, 2.05) is 54.6 Å². The van der Waals surface area contributed by atoms with E-state index in [4.69, 9.17) is 9.15 Å². The molecule has 106 valence electrons. The molecule has 0 spiro atoms. The van der Waals surface area contributed by atoms with Crippen molar-refractivity contribution in [2.45, 2.75) is 0 Å². The van der Waals surface area contributed by atoms with Gasteiger partial charge in [0.2, 0.25) is 5.90 Å². The Morgan fingerprint density at radius 2 is 1.73 bits per heavy atom. The first-order valence-corrected chi connectivity index (χ1v) is 6.85. The first kappa shape index (κ1) is 12.6. The van der Waals surface area contributed by atoms with E-state index in [1.165, 1.54) is 0 Å². The van der Waals surface area contributed by atoms with Gasteiger partial charge in [0.05, 0.1) is 6.26 Å². The van der Waals surface area contributed by atoms with Gasteiger partial charge in [-0.15, -0.1) is 0 Å². The number of para-hydroxylation sites is 1. The minimum atomic E-state index is -0.455. The van der Waals surface area contributed by atoms with Gasteiger partial charge in [-0.1, -0.05) is 36.4 Å². The fraction of sp³-hybridized carbons (Fsp3) is 0. The van der Waals surface area contributed by atoms with Gasteiger partial charge in [-0.2, -0.15) is 0 Å². The highest BCUT2D eigenvalue weighted by molar-refractivity contribution is 6.13. The van der Waals surface area contributed by atoms with Crippen LogP contribution in [0.4, 0.5) is 0 Å². The van der Waals surface area contributed by atoms with Crippen molar-refractivity contribution in [3.05, 3.63) is 77.7 Å². The second kappa shape index (κ2) is 5.00. The lowest BCUT2D eigenvalue weighted by molar-refractivity contribution is -0.129. The van der Waals surface area contributed by atoms with Gasteiger partial charge in [0.25, 0.3) is 0 Å². The Hall–Kier alpha value is -3.14. The monoisotopic (exact) mass is 289 g/mol. The van der Waals surface area contributed by atoms with Crippen molar-refractivity contribution in [2.24, 2.45) is 4.99 Å². The van der Waals surface area contributed by atoms with Crippen molar-refractivity contribution < 1.29 is 13.9 Å². The summed E-state index contributed by atoms with van der Waals surface area (Å²) in [6, 6.07) is 17.0. The van der Waals surface area contributed by atoms with Crippen molar-refractivity contribution in [1.29, 1.82) is 0 Å². The van der Waals surface area contributed by atoms with Crippen LogP contribution in [0.15, 0.2) is 76.0 Å². The number of carbonyl (C=O) groups is 1. The van der Waals surface area contributed by atoms with Crippen LogP contribution in [-0.4, -0.2) is 11.9 Å². The number of esters is 1. The van der Waals surface area contributed by atoms with E-state index < -0.39 is 5.97 Å². The van der Waals surface area contributed by atoms with E-state index in [1.54, 1.807) is 12.3 Å². The highest BCUT2D eigenvalue weighted by Crippen LogP contribution is 2.25. The van der Waals surface area contributed by atoms with Crippen molar-refractivity contribution in [1.82, 2.24) is 0 Å². The molecular weight excluding hydrogens is 278 g/mol. The summed E-state index contributed by atoms with van der Waals surface area (Å²) < 4.78 is 10.7. The molecule has 1 aliphatic rings. The molecule has 2 heterocycles. The molecule has 0 aliphatic carbocycles. The molecule has 4 rings (SSSR count). The standard InChI is InChI=1S/C18H11NO3/c20-18-15(19-17(22-18)12-6-2-1-3-7-12)10-13-11-21-16-9-5-4-8-14(13)16/h1-11H/b15-10+. The summed E-state index contributed by atoms with van der Waals surface area (Å²) in [5, 5.41) is 0.936. The predicted octanol–water partition coefficient (Wildman–Crippen LogP) is 3.78. The maximum atomic E-state index is 12.0. The van der Waals surface area contributed by atoms with Crippen LogP contribution in [0.1, 0.15) is 11.1 Å². The minimum absolute atomic E-state index is 0.269. The summed E-state index contributed by atoms with van der Waals surface area (Å²) in [6.45, 7) is 0. The van der Waals surface area contributed by atoms with Crippen LogP contribution in [0.5, 0.6) is 0 Å². The summed E-state index contributed by atoms with van der Waals surface area (Å²) in [4.78, 5) is 16.3. The topological polar surface area (TPSA) is 51.8 Å². The van der Waals surface area contributed by atoms with E-state index in [2.05, 4.69) is 4.99 Å². The number of hydrogen-bond donors (Lipinski definition) is 0. The summed E-state index contributed by atoms with van der Waals surface area (Å²) >= 11 is 0. The quantitative estimate of drug-likeness (QED) is 0.533. The van der Waals surface area contributed by atoms with Gasteiger partial charge in [0.15, 0.2) is 5.70 Å². The average Bonchev–Trinajstić information content (AvgIpc) is 3.13. The highest BCUT2D eigenvalue weighted by Gasteiger charge is 2.24. The molecule has 4 nitrogen and oxygen atoms in total. The van der Waals surface area contributed by atoms with E-state index in [-0.39, 0.29) is 5.70 Å². The zero-order chi connectivity index (χ0) is 14.9.